The molecule has 2 N–H and O–H groups in total. The van der Waals surface area contributed by atoms with Gasteiger partial charge in [-0.1, -0.05) is 0 Å². The predicted octanol–water partition coefficient (Wildman–Crippen LogP) is 1.05. The van der Waals surface area contributed by atoms with Crippen LogP contribution in [0.15, 0.2) is 16.5 Å². The van der Waals surface area contributed by atoms with Gasteiger partial charge in [0.05, 0.1) is 13.2 Å². The molecule has 1 fully saturated rings. The van der Waals surface area contributed by atoms with E-state index < -0.39 is 0 Å². The first-order chi connectivity index (χ1) is 8.70. The highest BCUT2D eigenvalue weighted by Gasteiger charge is 2.32. The molecule has 0 spiro atoms. The van der Waals surface area contributed by atoms with Gasteiger partial charge in [-0.2, -0.15) is 0 Å². The minimum atomic E-state index is 0.0139. The molecule has 18 heavy (non-hydrogen) atoms. The Morgan fingerprint density at radius 1 is 1.56 bits per heavy atom. The van der Waals surface area contributed by atoms with E-state index >= 15 is 0 Å². The van der Waals surface area contributed by atoms with Crippen LogP contribution in [-0.4, -0.2) is 36.6 Å². The van der Waals surface area contributed by atoms with Crippen molar-refractivity contribution in [3.05, 3.63) is 23.7 Å². The zero-order valence-electron chi connectivity index (χ0n) is 10.7. The summed E-state index contributed by atoms with van der Waals surface area (Å²) in [7, 11) is 0. The van der Waals surface area contributed by atoms with Crippen LogP contribution in [0.3, 0.4) is 0 Å². The van der Waals surface area contributed by atoms with Crippen molar-refractivity contribution in [2.75, 3.05) is 19.8 Å². The fraction of sp³-hybridized carbons (Fsp3) is 0.615. The van der Waals surface area contributed by atoms with E-state index in [1.54, 1.807) is 0 Å². The van der Waals surface area contributed by atoms with Gasteiger partial charge in [0, 0.05) is 12.6 Å². The lowest BCUT2D eigenvalue weighted by Gasteiger charge is -2.21. The maximum Gasteiger partial charge on any atom is 0.249 e. The van der Waals surface area contributed by atoms with Gasteiger partial charge in [0.1, 0.15) is 18.1 Å². The third kappa shape index (κ3) is 3.58. The van der Waals surface area contributed by atoms with Crippen LogP contribution in [0.5, 0.6) is 0 Å². The number of ether oxygens (including phenoxy) is 1. The Morgan fingerprint density at radius 2 is 2.33 bits per heavy atom. The molecule has 1 aliphatic rings. The lowest BCUT2D eigenvalue weighted by Crippen LogP contribution is -2.35. The first-order valence-electron chi connectivity index (χ1n) is 6.33. The van der Waals surface area contributed by atoms with E-state index in [0.29, 0.717) is 25.7 Å². The highest BCUT2D eigenvalue weighted by Crippen LogP contribution is 2.28. The number of hydrogen-bond acceptors (Lipinski definition) is 4. The molecule has 1 aliphatic carbocycles. The first kappa shape index (κ1) is 13.1. The van der Waals surface area contributed by atoms with Crippen molar-refractivity contribution in [1.82, 2.24) is 4.90 Å². The lowest BCUT2D eigenvalue weighted by atomic mass is 10.3. The molecular formula is C13H20N2O3. The number of furan rings is 1. The number of amides is 1. The fourth-order valence-electron chi connectivity index (χ4n) is 1.87. The average molecular weight is 252 g/mol. The van der Waals surface area contributed by atoms with E-state index in [2.05, 4.69) is 0 Å². The molecular weight excluding hydrogens is 232 g/mol. The summed E-state index contributed by atoms with van der Waals surface area (Å²) in [6.45, 7) is 3.39. The fourth-order valence-corrected chi connectivity index (χ4v) is 1.87. The van der Waals surface area contributed by atoms with E-state index in [9.17, 15) is 4.79 Å². The summed E-state index contributed by atoms with van der Waals surface area (Å²) in [5.41, 5.74) is 5.32. The minimum Gasteiger partial charge on any atom is -0.464 e. The van der Waals surface area contributed by atoms with Crippen LogP contribution in [0, 0.1) is 6.92 Å². The molecule has 0 aromatic carbocycles. The van der Waals surface area contributed by atoms with Gasteiger partial charge in [0.25, 0.3) is 0 Å². The summed E-state index contributed by atoms with van der Waals surface area (Å²) < 4.78 is 10.7. The summed E-state index contributed by atoms with van der Waals surface area (Å²) in [5.74, 6) is 1.71. The normalized spacial score (nSPS) is 14.8. The summed E-state index contributed by atoms with van der Waals surface area (Å²) in [6, 6.07) is 4.18. The number of aryl methyl sites for hydroxylation is 1. The van der Waals surface area contributed by atoms with Crippen molar-refractivity contribution < 1.29 is 13.9 Å². The molecule has 1 heterocycles. The monoisotopic (exact) mass is 252 g/mol. The quantitative estimate of drug-likeness (QED) is 0.737. The summed E-state index contributed by atoms with van der Waals surface area (Å²) in [5, 5.41) is 0. The Bertz CT molecular complexity index is 399. The highest BCUT2D eigenvalue weighted by atomic mass is 16.5. The summed E-state index contributed by atoms with van der Waals surface area (Å²) >= 11 is 0. The molecule has 1 amide bonds. The largest absolute Gasteiger partial charge is 0.464 e. The third-order valence-electron chi connectivity index (χ3n) is 2.92. The van der Waals surface area contributed by atoms with Crippen LogP contribution in [0.2, 0.25) is 0 Å². The SMILES string of the molecule is Cc1ccc(CN(C(=O)COCCN)C2CC2)o1. The van der Waals surface area contributed by atoms with Crippen LogP contribution in [0.1, 0.15) is 24.4 Å². The second-order valence-electron chi connectivity index (χ2n) is 4.61. The number of carbonyl (C=O) groups is 1. The van der Waals surface area contributed by atoms with Crippen molar-refractivity contribution in [3.63, 3.8) is 0 Å². The highest BCUT2D eigenvalue weighted by molar-refractivity contribution is 5.78. The van der Waals surface area contributed by atoms with E-state index in [0.717, 1.165) is 24.4 Å². The molecule has 5 nitrogen and oxygen atoms in total. The molecule has 1 aromatic heterocycles. The van der Waals surface area contributed by atoms with Crippen LogP contribution < -0.4 is 5.73 Å². The maximum absolute atomic E-state index is 12.0. The van der Waals surface area contributed by atoms with Gasteiger partial charge in [0.15, 0.2) is 0 Å². The zero-order valence-corrected chi connectivity index (χ0v) is 10.7. The Kier molecular flexibility index (Phi) is 4.38. The standard InChI is InChI=1S/C13H20N2O3/c1-10-2-5-12(18-10)8-15(11-3-4-11)13(16)9-17-7-6-14/h2,5,11H,3-4,6-9,14H2,1H3. The van der Waals surface area contributed by atoms with Gasteiger partial charge in [0.2, 0.25) is 5.91 Å². The molecule has 0 radical (unpaired) electrons. The van der Waals surface area contributed by atoms with Gasteiger partial charge >= 0.3 is 0 Å². The third-order valence-corrected chi connectivity index (χ3v) is 2.92. The Labute approximate surface area is 107 Å². The molecule has 1 saturated carbocycles. The molecule has 2 rings (SSSR count). The molecule has 0 atom stereocenters. The molecule has 0 unspecified atom stereocenters. The van der Waals surface area contributed by atoms with E-state index in [1.807, 2.05) is 24.0 Å². The summed E-state index contributed by atoms with van der Waals surface area (Å²) in [6.07, 6.45) is 2.14. The number of nitrogens with two attached hydrogens (primary N) is 1. The Hall–Kier alpha value is -1.33. The van der Waals surface area contributed by atoms with E-state index in [1.165, 1.54) is 0 Å². The second kappa shape index (κ2) is 6.02. The number of rotatable bonds is 7. The molecule has 100 valence electrons. The Morgan fingerprint density at radius 3 is 2.89 bits per heavy atom. The zero-order chi connectivity index (χ0) is 13.0. The van der Waals surface area contributed by atoms with Crippen molar-refractivity contribution in [2.24, 2.45) is 5.73 Å². The number of carbonyl (C=O) groups excluding carboxylic acids is 1. The van der Waals surface area contributed by atoms with Gasteiger partial charge in [-0.25, -0.2) is 0 Å². The average Bonchev–Trinajstić information content (AvgIpc) is 3.10. The van der Waals surface area contributed by atoms with Crippen LogP contribution >= 0.6 is 0 Å². The summed E-state index contributed by atoms with van der Waals surface area (Å²) in [4.78, 5) is 13.9. The van der Waals surface area contributed by atoms with E-state index in [4.69, 9.17) is 14.9 Å². The predicted molar refractivity (Wildman–Crippen MR) is 66.9 cm³/mol. The van der Waals surface area contributed by atoms with Crippen LogP contribution in [-0.2, 0) is 16.1 Å². The van der Waals surface area contributed by atoms with Crippen LogP contribution in [0.25, 0.3) is 0 Å². The lowest BCUT2D eigenvalue weighted by molar-refractivity contribution is -0.137. The van der Waals surface area contributed by atoms with Gasteiger partial charge in [-0.15, -0.1) is 0 Å². The number of nitrogens with zero attached hydrogens (tertiary/aromatic N) is 1. The molecule has 1 aromatic rings. The van der Waals surface area contributed by atoms with Crippen LogP contribution in [0.4, 0.5) is 0 Å². The van der Waals surface area contributed by atoms with Gasteiger partial charge < -0.3 is 19.8 Å². The second-order valence-corrected chi connectivity index (χ2v) is 4.61. The molecule has 0 bridgehead atoms. The molecule has 0 aliphatic heterocycles. The van der Waals surface area contributed by atoms with Gasteiger partial charge in [-0.05, 0) is 31.9 Å². The van der Waals surface area contributed by atoms with E-state index in [-0.39, 0.29) is 12.5 Å². The molecule has 5 heteroatoms. The van der Waals surface area contributed by atoms with Crippen molar-refractivity contribution >= 4 is 5.91 Å². The smallest absolute Gasteiger partial charge is 0.249 e. The number of hydrogen-bond donors (Lipinski definition) is 1. The maximum atomic E-state index is 12.0. The van der Waals surface area contributed by atoms with Crippen molar-refractivity contribution in [3.8, 4) is 0 Å². The van der Waals surface area contributed by atoms with Crippen molar-refractivity contribution in [2.45, 2.75) is 32.4 Å². The Balaban J connectivity index is 1.89. The topological polar surface area (TPSA) is 68.7 Å². The first-order valence-corrected chi connectivity index (χ1v) is 6.33. The molecule has 0 saturated heterocycles. The minimum absolute atomic E-state index is 0.0139. The van der Waals surface area contributed by atoms with Crippen molar-refractivity contribution in [1.29, 1.82) is 0 Å². The van der Waals surface area contributed by atoms with Gasteiger partial charge in [-0.3, -0.25) is 4.79 Å².